The molecule has 1 aromatic rings. The SMILES string of the molecule is COc1ccc(N2CCC[C@@H](C(=O)C(C)C)C2=O)cc1. The second kappa shape index (κ2) is 6.07. The van der Waals surface area contributed by atoms with Gasteiger partial charge in [-0.05, 0) is 37.1 Å². The highest BCUT2D eigenvalue weighted by atomic mass is 16.5. The summed E-state index contributed by atoms with van der Waals surface area (Å²) in [4.78, 5) is 26.3. The van der Waals surface area contributed by atoms with Gasteiger partial charge in [0.25, 0.3) is 0 Å². The van der Waals surface area contributed by atoms with Crippen LogP contribution >= 0.6 is 0 Å². The number of rotatable bonds is 4. The van der Waals surface area contributed by atoms with Crippen molar-refractivity contribution in [2.24, 2.45) is 11.8 Å². The fourth-order valence-electron chi connectivity index (χ4n) is 2.56. The zero-order valence-electron chi connectivity index (χ0n) is 12.3. The summed E-state index contributed by atoms with van der Waals surface area (Å²) < 4.78 is 5.12. The van der Waals surface area contributed by atoms with Crippen LogP contribution in [0.3, 0.4) is 0 Å². The number of benzene rings is 1. The van der Waals surface area contributed by atoms with Crippen LogP contribution in [0, 0.1) is 11.8 Å². The van der Waals surface area contributed by atoms with Crippen molar-refractivity contribution in [1.82, 2.24) is 0 Å². The maximum atomic E-state index is 12.5. The molecule has 4 nitrogen and oxygen atoms in total. The van der Waals surface area contributed by atoms with Crippen molar-refractivity contribution in [3.05, 3.63) is 24.3 Å². The molecular formula is C16H21NO3. The summed E-state index contributed by atoms with van der Waals surface area (Å²) in [5, 5.41) is 0. The number of amides is 1. The minimum Gasteiger partial charge on any atom is -0.497 e. The third kappa shape index (κ3) is 2.84. The van der Waals surface area contributed by atoms with E-state index in [9.17, 15) is 9.59 Å². The summed E-state index contributed by atoms with van der Waals surface area (Å²) in [6.45, 7) is 4.37. The van der Waals surface area contributed by atoms with Gasteiger partial charge in [-0.2, -0.15) is 0 Å². The van der Waals surface area contributed by atoms with Gasteiger partial charge in [-0.15, -0.1) is 0 Å². The van der Waals surface area contributed by atoms with Crippen LogP contribution in [0.15, 0.2) is 24.3 Å². The summed E-state index contributed by atoms with van der Waals surface area (Å²) in [5.41, 5.74) is 0.831. The van der Waals surface area contributed by atoms with Crippen LogP contribution in [0.4, 0.5) is 5.69 Å². The molecule has 1 amide bonds. The topological polar surface area (TPSA) is 46.6 Å². The Morgan fingerprint density at radius 2 is 1.95 bits per heavy atom. The van der Waals surface area contributed by atoms with E-state index in [1.807, 2.05) is 38.1 Å². The van der Waals surface area contributed by atoms with Crippen LogP contribution in [0.25, 0.3) is 0 Å². The summed E-state index contributed by atoms with van der Waals surface area (Å²) in [7, 11) is 1.61. The highest BCUT2D eigenvalue weighted by Gasteiger charge is 2.35. The van der Waals surface area contributed by atoms with Gasteiger partial charge < -0.3 is 9.64 Å². The second-order valence-corrected chi connectivity index (χ2v) is 5.44. The molecule has 0 spiro atoms. The molecule has 20 heavy (non-hydrogen) atoms. The first-order valence-corrected chi connectivity index (χ1v) is 7.03. The summed E-state index contributed by atoms with van der Waals surface area (Å²) in [5.74, 6) is 0.159. The summed E-state index contributed by atoms with van der Waals surface area (Å²) in [6.07, 6.45) is 1.53. The van der Waals surface area contributed by atoms with Crippen LogP contribution in [0.2, 0.25) is 0 Å². The Balaban J connectivity index is 2.19. The molecule has 2 rings (SSSR count). The van der Waals surface area contributed by atoms with Crippen LogP contribution in [-0.2, 0) is 9.59 Å². The molecule has 4 heteroatoms. The van der Waals surface area contributed by atoms with Gasteiger partial charge in [-0.25, -0.2) is 0 Å². The molecule has 1 aromatic carbocycles. The molecule has 1 atom stereocenters. The minimum atomic E-state index is -0.481. The largest absolute Gasteiger partial charge is 0.497 e. The molecule has 1 saturated heterocycles. The fraction of sp³-hybridized carbons (Fsp3) is 0.500. The molecule has 0 N–H and O–H groups in total. The zero-order valence-corrected chi connectivity index (χ0v) is 12.3. The second-order valence-electron chi connectivity index (χ2n) is 5.44. The number of anilines is 1. The Hall–Kier alpha value is -1.84. The lowest BCUT2D eigenvalue weighted by Gasteiger charge is -2.32. The van der Waals surface area contributed by atoms with Crippen molar-refractivity contribution in [3.63, 3.8) is 0 Å². The molecule has 0 saturated carbocycles. The quantitative estimate of drug-likeness (QED) is 0.794. The number of piperidine rings is 1. The number of methoxy groups -OCH3 is 1. The number of ketones is 1. The van der Waals surface area contributed by atoms with Crippen LogP contribution < -0.4 is 9.64 Å². The van der Waals surface area contributed by atoms with Crippen molar-refractivity contribution < 1.29 is 14.3 Å². The Morgan fingerprint density at radius 3 is 2.50 bits per heavy atom. The normalized spacial score (nSPS) is 19.3. The van der Waals surface area contributed by atoms with Gasteiger partial charge in [-0.3, -0.25) is 9.59 Å². The number of ether oxygens (including phenoxy) is 1. The average Bonchev–Trinajstić information content (AvgIpc) is 2.47. The lowest BCUT2D eigenvalue weighted by atomic mass is 9.87. The number of carbonyl (C=O) groups is 2. The Labute approximate surface area is 119 Å². The molecule has 1 aliphatic heterocycles. The first-order valence-electron chi connectivity index (χ1n) is 7.03. The number of carbonyl (C=O) groups excluding carboxylic acids is 2. The van der Waals surface area contributed by atoms with Gasteiger partial charge in [0.1, 0.15) is 11.5 Å². The van der Waals surface area contributed by atoms with E-state index in [-0.39, 0.29) is 17.6 Å². The van der Waals surface area contributed by atoms with E-state index in [0.717, 1.165) is 17.9 Å². The molecule has 1 heterocycles. The smallest absolute Gasteiger partial charge is 0.237 e. The fourth-order valence-corrected chi connectivity index (χ4v) is 2.56. The molecule has 0 aliphatic carbocycles. The van der Waals surface area contributed by atoms with E-state index in [1.165, 1.54) is 0 Å². The van der Waals surface area contributed by atoms with E-state index in [4.69, 9.17) is 4.74 Å². The lowest BCUT2D eigenvalue weighted by molar-refractivity contribution is -0.135. The van der Waals surface area contributed by atoms with Crippen LogP contribution in [0.5, 0.6) is 5.75 Å². The van der Waals surface area contributed by atoms with Crippen LogP contribution in [0.1, 0.15) is 26.7 Å². The molecular weight excluding hydrogens is 254 g/mol. The van der Waals surface area contributed by atoms with Crippen molar-refractivity contribution in [1.29, 1.82) is 0 Å². The third-order valence-corrected chi connectivity index (χ3v) is 3.74. The van der Waals surface area contributed by atoms with E-state index in [0.29, 0.717) is 13.0 Å². The Bertz CT molecular complexity index is 493. The van der Waals surface area contributed by atoms with Crippen LogP contribution in [-0.4, -0.2) is 25.3 Å². The van der Waals surface area contributed by atoms with Gasteiger partial charge in [0, 0.05) is 18.2 Å². The van der Waals surface area contributed by atoms with Gasteiger partial charge in [0.05, 0.1) is 13.0 Å². The molecule has 0 unspecified atom stereocenters. The maximum absolute atomic E-state index is 12.5. The minimum absolute atomic E-state index is 0.0493. The maximum Gasteiger partial charge on any atom is 0.237 e. The number of nitrogens with zero attached hydrogens (tertiary/aromatic N) is 1. The van der Waals surface area contributed by atoms with Crippen molar-refractivity contribution in [2.45, 2.75) is 26.7 Å². The molecule has 0 radical (unpaired) electrons. The first-order chi connectivity index (χ1) is 9.54. The predicted molar refractivity (Wildman–Crippen MR) is 77.9 cm³/mol. The van der Waals surface area contributed by atoms with E-state index >= 15 is 0 Å². The monoisotopic (exact) mass is 275 g/mol. The highest BCUT2D eigenvalue weighted by Crippen LogP contribution is 2.27. The lowest BCUT2D eigenvalue weighted by Crippen LogP contribution is -2.45. The van der Waals surface area contributed by atoms with Gasteiger partial charge in [0.15, 0.2) is 0 Å². The Morgan fingerprint density at radius 1 is 1.30 bits per heavy atom. The van der Waals surface area contributed by atoms with Gasteiger partial charge in [0.2, 0.25) is 5.91 Å². The standard InChI is InChI=1S/C16H21NO3/c1-11(2)15(18)14-5-4-10-17(16(14)19)12-6-8-13(20-3)9-7-12/h6-9,11,14H,4-5,10H2,1-3H3/t14-/m0/s1. The number of hydrogen-bond donors (Lipinski definition) is 0. The van der Waals surface area contributed by atoms with Crippen molar-refractivity contribution in [3.8, 4) is 5.75 Å². The predicted octanol–water partition coefficient (Wildman–Crippen LogP) is 2.66. The van der Waals surface area contributed by atoms with Crippen molar-refractivity contribution in [2.75, 3.05) is 18.6 Å². The number of hydrogen-bond acceptors (Lipinski definition) is 3. The molecule has 108 valence electrons. The summed E-state index contributed by atoms with van der Waals surface area (Å²) >= 11 is 0. The van der Waals surface area contributed by atoms with E-state index in [1.54, 1.807) is 12.0 Å². The third-order valence-electron chi connectivity index (χ3n) is 3.74. The van der Waals surface area contributed by atoms with Crippen molar-refractivity contribution >= 4 is 17.4 Å². The average molecular weight is 275 g/mol. The van der Waals surface area contributed by atoms with E-state index in [2.05, 4.69) is 0 Å². The molecule has 1 aliphatic rings. The van der Waals surface area contributed by atoms with Gasteiger partial charge in [-0.1, -0.05) is 13.8 Å². The molecule has 0 bridgehead atoms. The highest BCUT2D eigenvalue weighted by molar-refractivity contribution is 6.09. The molecule has 1 fully saturated rings. The number of Topliss-reactive ketones (excluding diaryl/α,β-unsaturated/α-hetero) is 1. The van der Waals surface area contributed by atoms with E-state index < -0.39 is 5.92 Å². The van der Waals surface area contributed by atoms with Gasteiger partial charge >= 0.3 is 0 Å². The zero-order chi connectivity index (χ0) is 14.7. The molecule has 0 aromatic heterocycles. The first kappa shape index (κ1) is 14.6. The Kier molecular flexibility index (Phi) is 4.42. The summed E-state index contributed by atoms with van der Waals surface area (Å²) in [6, 6.07) is 7.38.